The maximum absolute atomic E-state index is 13.2. The zero-order valence-electron chi connectivity index (χ0n) is 16.6. The number of hydrogen-bond acceptors (Lipinski definition) is 4. The van der Waals surface area contributed by atoms with Gasteiger partial charge in [0.25, 0.3) is 0 Å². The Hall–Kier alpha value is -2.53. The van der Waals surface area contributed by atoms with Crippen molar-refractivity contribution in [1.82, 2.24) is 4.90 Å². The summed E-state index contributed by atoms with van der Waals surface area (Å²) in [5, 5.41) is 10.1. The van der Waals surface area contributed by atoms with Crippen molar-refractivity contribution in [2.45, 2.75) is 51.9 Å². The number of aromatic hydroxyl groups is 1. The summed E-state index contributed by atoms with van der Waals surface area (Å²) in [6.45, 7) is 5.58. The fourth-order valence-electron chi connectivity index (χ4n) is 3.43. The van der Waals surface area contributed by atoms with Gasteiger partial charge in [0.2, 0.25) is 5.91 Å². The number of benzene rings is 2. The van der Waals surface area contributed by atoms with Gasteiger partial charge < -0.3 is 19.5 Å². The number of carbonyl (C=O) groups is 1. The van der Waals surface area contributed by atoms with Crippen molar-refractivity contribution in [3.8, 4) is 11.5 Å². The Bertz CT molecular complexity index is 784. The summed E-state index contributed by atoms with van der Waals surface area (Å²) >= 11 is 0. The van der Waals surface area contributed by atoms with E-state index in [0.29, 0.717) is 13.1 Å². The highest BCUT2D eigenvalue weighted by atomic mass is 16.5. The molecule has 2 aromatic carbocycles. The zero-order valence-corrected chi connectivity index (χ0v) is 16.6. The fraction of sp³-hybridized carbons (Fsp3) is 0.435. The third kappa shape index (κ3) is 5.49. The largest absolute Gasteiger partial charge is 0.508 e. The molecule has 1 amide bonds. The lowest BCUT2D eigenvalue weighted by Gasteiger charge is -2.26. The number of rotatable bonds is 8. The molecule has 0 bridgehead atoms. The van der Waals surface area contributed by atoms with E-state index in [4.69, 9.17) is 9.47 Å². The normalized spacial score (nSPS) is 16.3. The molecule has 150 valence electrons. The van der Waals surface area contributed by atoms with Crippen LogP contribution in [0.1, 0.15) is 37.8 Å². The van der Waals surface area contributed by atoms with Crippen molar-refractivity contribution in [1.29, 1.82) is 0 Å². The van der Waals surface area contributed by atoms with Gasteiger partial charge >= 0.3 is 0 Å². The lowest BCUT2D eigenvalue weighted by atomic mass is 10.1. The molecule has 0 aliphatic carbocycles. The van der Waals surface area contributed by atoms with E-state index < -0.39 is 0 Å². The number of ether oxygens (including phenoxy) is 2. The first-order valence-corrected chi connectivity index (χ1v) is 9.93. The maximum Gasteiger partial charge on any atom is 0.227 e. The summed E-state index contributed by atoms with van der Waals surface area (Å²) in [7, 11) is 0. The average molecular weight is 383 g/mol. The van der Waals surface area contributed by atoms with E-state index in [1.807, 2.05) is 50.2 Å². The number of phenolic OH excluding ortho intramolecular Hbond substituents is 1. The van der Waals surface area contributed by atoms with Crippen LogP contribution in [0, 0.1) is 0 Å². The van der Waals surface area contributed by atoms with E-state index in [2.05, 4.69) is 0 Å². The van der Waals surface area contributed by atoms with Crippen LogP contribution in [0.25, 0.3) is 0 Å². The molecule has 1 N–H and O–H groups in total. The minimum Gasteiger partial charge on any atom is -0.508 e. The smallest absolute Gasteiger partial charge is 0.227 e. The fourth-order valence-corrected chi connectivity index (χ4v) is 3.43. The van der Waals surface area contributed by atoms with Crippen LogP contribution in [-0.4, -0.2) is 41.3 Å². The predicted octanol–water partition coefficient (Wildman–Crippen LogP) is 3.93. The van der Waals surface area contributed by atoms with E-state index in [0.717, 1.165) is 36.3 Å². The van der Waals surface area contributed by atoms with E-state index >= 15 is 0 Å². The molecule has 0 spiro atoms. The first-order chi connectivity index (χ1) is 13.5. The van der Waals surface area contributed by atoms with Gasteiger partial charge in [-0.05, 0) is 38.8 Å². The SMILES string of the molecule is CC(C)Oc1ccccc1CC(=O)N(Cc1ccccc1O)CC1CCCO1. The molecule has 1 fully saturated rings. The second-order valence-corrected chi connectivity index (χ2v) is 7.49. The van der Waals surface area contributed by atoms with Crippen LogP contribution < -0.4 is 4.74 Å². The van der Waals surface area contributed by atoms with Gasteiger partial charge in [-0.15, -0.1) is 0 Å². The quantitative estimate of drug-likeness (QED) is 0.750. The van der Waals surface area contributed by atoms with E-state index in [1.165, 1.54) is 0 Å². The molecular weight excluding hydrogens is 354 g/mol. The summed E-state index contributed by atoms with van der Waals surface area (Å²) < 4.78 is 11.6. The number of hydrogen-bond donors (Lipinski definition) is 1. The first-order valence-electron chi connectivity index (χ1n) is 9.93. The summed E-state index contributed by atoms with van der Waals surface area (Å²) in [6, 6.07) is 14.8. The average Bonchev–Trinajstić information content (AvgIpc) is 3.17. The van der Waals surface area contributed by atoms with Gasteiger partial charge in [-0.2, -0.15) is 0 Å². The van der Waals surface area contributed by atoms with Gasteiger partial charge in [0.1, 0.15) is 11.5 Å². The Balaban J connectivity index is 1.77. The third-order valence-electron chi connectivity index (χ3n) is 4.83. The third-order valence-corrected chi connectivity index (χ3v) is 4.83. The van der Waals surface area contributed by atoms with Crippen LogP contribution in [0.3, 0.4) is 0 Å². The van der Waals surface area contributed by atoms with Crippen LogP contribution in [0.4, 0.5) is 0 Å². The number of carbonyl (C=O) groups excluding carboxylic acids is 1. The van der Waals surface area contributed by atoms with E-state index in [-0.39, 0.29) is 30.3 Å². The minimum absolute atomic E-state index is 0.00133. The van der Waals surface area contributed by atoms with Crippen molar-refractivity contribution >= 4 is 5.91 Å². The minimum atomic E-state index is -0.00133. The molecule has 3 rings (SSSR count). The molecular formula is C23H29NO4. The number of nitrogens with zero attached hydrogens (tertiary/aromatic N) is 1. The number of para-hydroxylation sites is 2. The van der Waals surface area contributed by atoms with Crippen molar-refractivity contribution in [3.63, 3.8) is 0 Å². The first kappa shape index (κ1) is 20.2. The molecule has 0 aromatic heterocycles. The molecule has 2 aromatic rings. The Morgan fingerprint density at radius 3 is 2.57 bits per heavy atom. The molecule has 5 heteroatoms. The molecule has 1 aliphatic heterocycles. The molecule has 1 aliphatic rings. The molecule has 0 saturated carbocycles. The van der Waals surface area contributed by atoms with Crippen LogP contribution in [-0.2, 0) is 22.5 Å². The van der Waals surface area contributed by atoms with Gasteiger partial charge in [-0.25, -0.2) is 0 Å². The van der Waals surface area contributed by atoms with E-state index in [9.17, 15) is 9.90 Å². The zero-order chi connectivity index (χ0) is 19.9. The molecule has 1 heterocycles. The van der Waals surface area contributed by atoms with Crippen molar-refractivity contribution < 1.29 is 19.4 Å². The molecule has 1 unspecified atom stereocenters. The Morgan fingerprint density at radius 2 is 1.89 bits per heavy atom. The second kappa shape index (κ2) is 9.60. The maximum atomic E-state index is 13.2. The Kier molecular flexibility index (Phi) is 6.93. The van der Waals surface area contributed by atoms with Crippen LogP contribution >= 0.6 is 0 Å². The van der Waals surface area contributed by atoms with Crippen molar-refractivity contribution in [2.75, 3.05) is 13.2 Å². The molecule has 28 heavy (non-hydrogen) atoms. The predicted molar refractivity (Wildman–Crippen MR) is 108 cm³/mol. The van der Waals surface area contributed by atoms with Gasteiger partial charge in [0, 0.05) is 30.8 Å². The van der Waals surface area contributed by atoms with Crippen molar-refractivity contribution in [3.05, 3.63) is 59.7 Å². The molecule has 0 radical (unpaired) electrons. The van der Waals surface area contributed by atoms with Crippen molar-refractivity contribution in [2.24, 2.45) is 0 Å². The Labute approximate surface area is 166 Å². The summed E-state index contributed by atoms with van der Waals surface area (Å²) in [6.07, 6.45) is 2.33. The lowest BCUT2D eigenvalue weighted by molar-refractivity contribution is -0.132. The van der Waals surface area contributed by atoms with Gasteiger partial charge in [-0.3, -0.25) is 4.79 Å². The number of phenols is 1. The number of amides is 1. The summed E-state index contributed by atoms with van der Waals surface area (Å²) in [5.74, 6) is 0.945. The van der Waals surface area contributed by atoms with Crippen LogP contribution in [0.15, 0.2) is 48.5 Å². The van der Waals surface area contributed by atoms with Crippen LogP contribution in [0.2, 0.25) is 0 Å². The lowest BCUT2D eigenvalue weighted by Crippen LogP contribution is -2.38. The standard InChI is InChI=1S/C23H29NO4/c1-17(2)28-22-12-6-4-8-18(22)14-23(26)24(16-20-10-7-13-27-20)15-19-9-3-5-11-21(19)25/h3-6,8-9,11-12,17,20,25H,7,10,13-16H2,1-2H3. The van der Waals surface area contributed by atoms with Gasteiger partial charge in [0.05, 0.1) is 18.6 Å². The summed E-state index contributed by atoms with van der Waals surface area (Å²) in [4.78, 5) is 15.0. The second-order valence-electron chi connectivity index (χ2n) is 7.49. The monoisotopic (exact) mass is 383 g/mol. The highest BCUT2D eigenvalue weighted by Gasteiger charge is 2.24. The van der Waals surface area contributed by atoms with Crippen LogP contribution in [0.5, 0.6) is 11.5 Å². The molecule has 1 saturated heterocycles. The summed E-state index contributed by atoms with van der Waals surface area (Å²) in [5.41, 5.74) is 1.61. The Morgan fingerprint density at radius 1 is 1.18 bits per heavy atom. The highest BCUT2D eigenvalue weighted by molar-refractivity contribution is 5.79. The highest BCUT2D eigenvalue weighted by Crippen LogP contribution is 2.24. The van der Waals surface area contributed by atoms with E-state index in [1.54, 1.807) is 17.0 Å². The molecule has 1 atom stereocenters. The molecule has 5 nitrogen and oxygen atoms in total. The van der Waals surface area contributed by atoms with Gasteiger partial charge in [0.15, 0.2) is 0 Å². The van der Waals surface area contributed by atoms with Gasteiger partial charge in [-0.1, -0.05) is 36.4 Å². The topological polar surface area (TPSA) is 59.0 Å².